The van der Waals surface area contributed by atoms with Crippen molar-refractivity contribution in [3.8, 4) is 0 Å². The predicted molar refractivity (Wildman–Crippen MR) is 108 cm³/mol. The molecule has 150 valence electrons. The van der Waals surface area contributed by atoms with Crippen molar-refractivity contribution in [2.24, 2.45) is 17.1 Å². The Labute approximate surface area is 165 Å². The number of hydrogen-bond donors (Lipinski definition) is 1. The van der Waals surface area contributed by atoms with Gasteiger partial charge in [-0.1, -0.05) is 20.8 Å². The van der Waals surface area contributed by atoms with Crippen LogP contribution in [0.2, 0.25) is 0 Å². The molecule has 2 N–H and O–H groups in total. The van der Waals surface area contributed by atoms with E-state index in [4.69, 9.17) is 10.5 Å². The van der Waals surface area contributed by atoms with E-state index in [1.165, 1.54) is 6.42 Å². The van der Waals surface area contributed by atoms with Crippen LogP contribution >= 0.6 is 24.8 Å². The number of carbonyl (C=O) groups excluding carboxylic acids is 1. The first-order valence-electron chi connectivity index (χ1n) is 9.14. The minimum absolute atomic E-state index is 0. The second kappa shape index (κ2) is 9.75. The van der Waals surface area contributed by atoms with Crippen LogP contribution in [0.3, 0.4) is 0 Å². The molecule has 1 aliphatic carbocycles. The van der Waals surface area contributed by atoms with Crippen LogP contribution in [0, 0.1) is 11.3 Å². The molecule has 1 saturated heterocycles. The van der Waals surface area contributed by atoms with E-state index < -0.39 is 5.54 Å². The van der Waals surface area contributed by atoms with Gasteiger partial charge in [0.05, 0.1) is 6.10 Å². The smallest absolute Gasteiger partial charge is 0.243 e. The molecule has 25 heavy (non-hydrogen) atoms. The van der Waals surface area contributed by atoms with Crippen LogP contribution in [0.1, 0.15) is 47.0 Å². The average molecular weight is 398 g/mol. The highest BCUT2D eigenvalue weighted by atomic mass is 35.5. The first kappa shape index (κ1) is 24.9. The molecule has 2 rings (SSSR count). The Morgan fingerprint density at radius 3 is 2.48 bits per heavy atom. The molecule has 7 heteroatoms. The molecule has 0 bridgehead atoms. The lowest BCUT2D eigenvalue weighted by Crippen LogP contribution is -2.75. The maximum Gasteiger partial charge on any atom is 0.243 e. The van der Waals surface area contributed by atoms with Gasteiger partial charge in [0.15, 0.2) is 0 Å². The molecule has 1 aliphatic heterocycles. The van der Waals surface area contributed by atoms with Gasteiger partial charge in [0.25, 0.3) is 0 Å². The van der Waals surface area contributed by atoms with Crippen molar-refractivity contribution in [2.45, 2.75) is 58.6 Å². The van der Waals surface area contributed by atoms with Crippen molar-refractivity contribution >= 4 is 30.7 Å². The molecule has 3 atom stereocenters. The summed E-state index contributed by atoms with van der Waals surface area (Å²) in [7, 11) is 2.17. The summed E-state index contributed by atoms with van der Waals surface area (Å²) in [4.78, 5) is 17.4. The number of amides is 1. The zero-order valence-electron chi connectivity index (χ0n) is 16.4. The van der Waals surface area contributed by atoms with Gasteiger partial charge >= 0.3 is 0 Å². The molecule has 0 aromatic rings. The highest BCUT2D eigenvalue weighted by molar-refractivity contribution is 5.89. The van der Waals surface area contributed by atoms with Gasteiger partial charge < -0.3 is 20.3 Å². The average Bonchev–Trinajstić information content (AvgIpc) is 2.94. The van der Waals surface area contributed by atoms with Crippen LogP contribution in [0.25, 0.3) is 0 Å². The summed E-state index contributed by atoms with van der Waals surface area (Å²) in [5.74, 6) is 0.698. The zero-order valence-corrected chi connectivity index (χ0v) is 18.0. The summed E-state index contributed by atoms with van der Waals surface area (Å²) in [5, 5.41) is 0. The molecule has 1 amide bonds. The Balaban J connectivity index is 0.00000288. The van der Waals surface area contributed by atoms with E-state index in [0.29, 0.717) is 18.9 Å². The fourth-order valence-electron chi connectivity index (χ4n) is 4.16. The lowest BCUT2D eigenvalue weighted by Gasteiger charge is -2.58. The molecule has 0 aromatic carbocycles. The second-order valence-electron chi connectivity index (χ2n) is 8.01. The van der Waals surface area contributed by atoms with Gasteiger partial charge in [-0.15, -0.1) is 24.8 Å². The fraction of sp³-hybridized carbons (Fsp3) is 0.944. The van der Waals surface area contributed by atoms with Crippen LogP contribution in [0.5, 0.6) is 0 Å². The monoisotopic (exact) mass is 397 g/mol. The summed E-state index contributed by atoms with van der Waals surface area (Å²) in [6.07, 6.45) is 3.00. The number of nitrogens with two attached hydrogens (primary N) is 1. The van der Waals surface area contributed by atoms with Gasteiger partial charge in [-0.3, -0.25) is 4.79 Å². The first-order valence-corrected chi connectivity index (χ1v) is 9.14. The highest BCUT2D eigenvalue weighted by Gasteiger charge is 2.64. The van der Waals surface area contributed by atoms with Crippen molar-refractivity contribution in [3.05, 3.63) is 0 Å². The van der Waals surface area contributed by atoms with E-state index in [1.807, 2.05) is 11.8 Å². The van der Waals surface area contributed by atoms with Crippen LogP contribution in [0.15, 0.2) is 0 Å². The molecule has 3 unspecified atom stereocenters. The Bertz CT molecular complexity index is 437. The van der Waals surface area contributed by atoms with Crippen LogP contribution in [0.4, 0.5) is 0 Å². The Kier molecular flexibility index (Phi) is 9.72. The van der Waals surface area contributed by atoms with Gasteiger partial charge in [0, 0.05) is 38.1 Å². The lowest BCUT2D eigenvalue weighted by atomic mass is 9.54. The molecule has 5 nitrogen and oxygen atoms in total. The highest BCUT2D eigenvalue weighted by Crippen LogP contribution is 2.50. The van der Waals surface area contributed by atoms with Gasteiger partial charge in [0.1, 0.15) is 5.54 Å². The standard InChI is InChI=1S/C18H35N3O2.2ClH/c1-6-9-20(5)12-14-8-10-21(13-14)16(22)18(19)11-15(23-7-2)17(18,3)4;;/h14-15H,6-13,19H2,1-5H3;2*1H. The molecule has 0 radical (unpaired) electrons. The van der Waals surface area contributed by atoms with Crippen molar-refractivity contribution in [1.82, 2.24) is 9.80 Å². The Morgan fingerprint density at radius 2 is 1.96 bits per heavy atom. The number of hydrogen-bond acceptors (Lipinski definition) is 4. The van der Waals surface area contributed by atoms with Crippen LogP contribution < -0.4 is 5.73 Å². The number of halogens is 2. The van der Waals surface area contributed by atoms with Crippen molar-refractivity contribution in [2.75, 3.05) is 39.8 Å². The molecule has 2 aliphatic rings. The summed E-state index contributed by atoms with van der Waals surface area (Å²) < 4.78 is 5.74. The summed E-state index contributed by atoms with van der Waals surface area (Å²) >= 11 is 0. The van der Waals surface area contributed by atoms with E-state index in [2.05, 4.69) is 32.7 Å². The van der Waals surface area contributed by atoms with Gasteiger partial charge in [-0.05, 0) is 39.3 Å². The minimum Gasteiger partial charge on any atom is -0.378 e. The SMILES string of the molecule is CCCN(C)CC1CCN(C(=O)C2(N)CC(OCC)C2(C)C)C1.Cl.Cl. The Morgan fingerprint density at radius 1 is 1.32 bits per heavy atom. The largest absolute Gasteiger partial charge is 0.378 e. The van der Waals surface area contributed by atoms with E-state index in [1.54, 1.807) is 0 Å². The summed E-state index contributed by atoms with van der Waals surface area (Å²) in [6.45, 7) is 12.9. The van der Waals surface area contributed by atoms with E-state index in [9.17, 15) is 4.79 Å². The molecule has 1 saturated carbocycles. The molecule has 0 aromatic heterocycles. The predicted octanol–water partition coefficient (Wildman–Crippen LogP) is 2.55. The van der Waals surface area contributed by atoms with E-state index >= 15 is 0 Å². The topological polar surface area (TPSA) is 58.8 Å². The number of nitrogens with zero attached hydrogens (tertiary/aromatic N) is 2. The van der Waals surface area contributed by atoms with Crippen LogP contribution in [-0.4, -0.2) is 67.2 Å². The zero-order chi connectivity index (χ0) is 17.3. The normalized spacial score (nSPS) is 30.4. The first-order chi connectivity index (χ1) is 10.8. The van der Waals surface area contributed by atoms with Gasteiger partial charge in [-0.25, -0.2) is 0 Å². The maximum atomic E-state index is 13.0. The summed E-state index contributed by atoms with van der Waals surface area (Å²) in [5.41, 5.74) is 5.48. The summed E-state index contributed by atoms with van der Waals surface area (Å²) in [6, 6.07) is 0. The molecular weight excluding hydrogens is 361 g/mol. The fourth-order valence-corrected chi connectivity index (χ4v) is 4.16. The maximum absolute atomic E-state index is 13.0. The van der Waals surface area contributed by atoms with Crippen LogP contribution in [-0.2, 0) is 9.53 Å². The molecule has 2 fully saturated rings. The van der Waals surface area contributed by atoms with Gasteiger partial charge in [0.2, 0.25) is 5.91 Å². The quantitative estimate of drug-likeness (QED) is 0.716. The lowest BCUT2D eigenvalue weighted by molar-refractivity contribution is -0.178. The van der Waals surface area contributed by atoms with E-state index in [-0.39, 0.29) is 42.2 Å². The van der Waals surface area contributed by atoms with Gasteiger partial charge in [-0.2, -0.15) is 0 Å². The van der Waals surface area contributed by atoms with Crippen molar-refractivity contribution in [1.29, 1.82) is 0 Å². The third kappa shape index (κ3) is 4.81. The van der Waals surface area contributed by atoms with E-state index in [0.717, 1.165) is 32.6 Å². The number of ether oxygens (including phenoxy) is 1. The number of likely N-dealkylation sites (tertiary alicyclic amines) is 1. The Hall–Kier alpha value is -0.0700. The molecule has 0 spiro atoms. The minimum atomic E-state index is -0.767. The number of rotatable bonds is 7. The van der Waals surface area contributed by atoms with Crippen molar-refractivity contribution in [3.63, 3.8) is 0 Å². The third-order valence-electron chi connectivity index (χ3n) is 5.96. The number of carbonyl (C=O) groups is 1. The molecule has 1 heterocycles. The second-order valence-corrected chi connectivity index (χ2v) is 8.01. The third-order valence-corrected chi connectivity index (χ3v) is 5.96. The molecular formula is C18H37Cl2N3O2. The van der Waals surface area contributed by atoms with Crippen molar-refractivity contribution < 1.29 is 9.53 Å².